The van der Waals surface area contributed by atoms with E-state index in [1.165, 1.54) is 116 Å². The van der Waals surface area contributed by atoms with E-state index in [9.17, 15) is 35.1 Å². The van der Waals surface area contributed by atoms with E-state index in [2.05, 4.69) is 111 Å². The molecule has 1 aliphatic rings. The summed E-state index contributed by atoms with van der Waals surface area (Å²) in [7, 11) is 0. The van der Waals surface area contributed by atoms with Gasteiger partial charge in [0.15, 0.2) is 12.4 Å². The van der Waals surface area contributed by atoms with Crippen molar-refractivity contribution in [2.24, 2.45) is 0 Å². The third kappa shape index (κ3) is 46.5. The van der Waals surface area contributed by atoms with Gasteiger partial charge in [-0.15, -0.1) is 0 Å². The van der Waals surface area contributed by atoms with Crippen molar-refractivity contribution < 1.29 is 49.3 Å². The monoisotopic (exact) mass is 1160 g/mol. The molecule has 83 heavy (non-hydrogen) atoms. The maximum atomic E-state index is 13.4. The molecule has 8 atom stereocenters. The van der Waals surface area contributed by atoms with E-state index in [0.717, 1.165) is 122 Å². The minimum Gasteiger partial charge on any atom is -0.454 e. The van der Waals surface area contributed by atoms with Crippen LogP contribution in [0.5, 0.6) is 0 Å². The van der Waals surface area contributed by atoms with Crippen LogP contribution in [0.2, 0.25) is 0 Å². The van der Waals surface area contributed by atoms with Gasteiger partial charge >= 0.3 is 5.97 Å². The summed E-state index contributed by atoms with van der Waals surface area (Å²) in [5, 5.41) is 57.1. The van der Waals surface area contributed by atoms with Crippen LogP contribution >= 0.6 is 0 Å². The molecule has 0 saturated carbocycles. The minimum atomic E-state index is -1.63. The second kappa shape index (κ2) is 58.9. The molecule has 0 bridgehead atoms. The van der Waals surface area contributed by atoms with Gasteiger partial charge in [-0.1, -0.05) is 272 Å². The van der Waals surface area contributed by atoms with Crippen molar-refractivity contribution in [3.8, 4) is 0 Å². The van der Waals surface area contributed by atoms with E-state index in [1.807, 2.05) is 6.08 Å². The highest BCUT2D eigenvalue weighted by molar-refractivity contribution is 5.80. The van der Waals surface area contributed by atoms with Crippen LogP contribution in [0.3, 0.4) is 0 Å². The van der Waals surface area contributed by atoms with Gasteiger partial charge in [0.2, 0.25) is 5.91 Å². The fourth-order valence-electron chi connectivity index (χ4n) is 10.1. The number of unbranched alkanes of at least 4 members (excludes halogenated alkanes) is 29. The lowest BCUT2D eigenvalue weighted by Crippen LogP contribution is -2.61. The fourth-order valence-corrected chi connectivity index (χ4v) is 10.1. The van der Waals surface area contributed by atoms with Crippen LogP contribution in [-0.4, -0.2) is 99.6 Å². The molecule has 8 unspecified atom stereocenters. The van der Waals surface area contributed by atoms with Gasteiger partial charge in [0, 0.05) is 6.42 Å². The van der Waals surface area contributed by atoms with Gasteiger partial charge in [-0.3, -0.25) is 9.59 Å². The molecule has 1 fully saturated rings. The van der Waals surface area contributed by atoms with Crippen LogP contribution in [0.1, 0.15) is 284 Å². The number of nitrogens with one attached hydrogen (secondary N) is 1. The summed E-state index contributed by atoms with van der Waals surface area (Å²) >= 11 is 0. The molecule has 0 spiro atoms. The highest BCUT2D eigenvalue weighted by atomic mass is 16.7. The summed E-state index contributed by atoms with van der Waals surface area (Å²) in [5.74, 6) is -1.21. The molecule has 0 aliphatic carbocycles. The minimum absolute atomic E-state index is 0.102. The zero-order chi connectivity index (χ0) is 60.3. The Bertz CT molecular complexity index is 1720. The van der Waals surface area contributed by atoms with Crippen LogP contribution in [0, 0.1) is 0 Å². The zero-order valence-corrected chi connectivity index (χ0v) is 53.0. The van der Waals surface area contributed by atoms with Crippen LogP contribution in [0.15, 0.2) is 97.2 Å². The fraction of sp³-hybridized carbons (Fsp3) is 0.750. The zero-order valence-electron chi connectivity index (χ0n) is 53.0. The lowest BCUT2D eigenvalue weighted by molar-refractivity contribution is -0.305. The molecule has 1 aliphatic heterocycles. The molecule has 11 heteroatoms. The van der Waals surface area contributed by atoms with Gasteiger partial charge < -0.3 is 45.1 Å². The summed E-state index contributed by atoms with van der Waals surface area (Å²) in [4.78, 5) is 26.6. The normalized spacial score (nSPS) is 19.2. The molecular weight excluding hydrogens is 1040 g/mol. The SMILES string of the molecule is CC/C=C\C/C=C\C/C=C\C/C=C\C/C=C\C/C=C\CCCCCCCCC(=O)OC1C(OCC(NC(=O)C(O)CCCCCCCCCC/C=C/CCCCCCCC)C(O)/C=C/CCCCCCCCCCC)OC(CO)C(O)C1O. The molecule has 1 heterocycles. The molecule has 1 rings (SSSR count). The first-order valence-electron chi connectivity index (χ1n) is 34.0. The van der Waals surface area contributed by atoms with Crippen molar-refractivity contribution in [1.29, 1.82) is 0 Å². The van der Waals surface area contributed by atoms with Crippen molar-refractivity contribution in [1.82, 2.24) is 5.32 Å². The highest BCUT2D eigenvalue weighted by Gasteiger charge is 2.47. The number of amides is 1. The predicted molar refractivity (Wildman–Crippen MR) is 347 cm³/mol. The number of ether oxygens (including phenoxy) is 3. The number of hydrogen-bond donors (Lipinski definition) is 6. The van der Waals surface area contributed by atoms with Crippen LogP contribution in [0.25, 0.3) is 0 Å². The van der Waals surface area contributed by atoms with Gasteiger partial charge in [-0.25, -0.2) is 0 Å². The van der Waals surface area contributed by atoms with Crippen LogP contribution < -0.4 is 5.32 Å². The Morgan fingerprint density at radius 2 is 0.867 bits per heavy atom. The van der Waals surface area contributed by atoms with Crippen molar-refractivity contribution >= 4 is 11.9 Å². The highest BCUT2D eigenvalue weighted by Crippen LogP contribution is 2.26. The third-order valence-electron chi connectivity index (χ3n) is 15.5. The number of aliphatic hydroxyl groups excluding tert-OH is 5. The van der Waals surface area contributed by atoms with Crippen LogP contribution in [0.4, 0.5) is 0 Å². The lowest BCUT2D eigenvalue weighted by Gasteiger charge is -2.41. The van der Waals surface area contributed by atoms with E-state index in [-0.39, 0.29) is 19.4 Å². The molecular formula is C72H125NO10. The van der Waals surface area contributed by atoms with Crippen molar-refractivity contribution in [3.63, 3.8) is 0 Å². The quantitative estimate of drug-likeness (QED) is 0.0195. The Balaban J connectivity index is 2.60. The number of aliphatic hydroxyl groups is 5. The van der Waals surface area contributed by atoms with Gasteiger partial charge in [0.05, 0.1) is 25.4 Å². The summed E-state index contributed by atoms with van der Waals surface area (Å²) in [5.41, 5.74) is 0. The predicted octanol–water partition coefficient (Wildman–Crippen LogP) is 17.1. The van der Waals surface area contributed by atoms with Crippen molar-refractivity contribution in [3.05, 3.63) is 97.2 Å². The molecule has 0 aromatic heterocycles. The Labute approximate surface area is 507 Å². The summed E-state index contributed by atoms with van der Waals surface area (Å²) in [6.45, 7) is 5.67. The summed E-state index contributed by atoms with van der Waals surface area (Å²) < 4.78 is 17.6. The van der Waals surface area contributed by atoms with Gasteiger partial charge in [0.25, 0.3) is 0 Å². The number of carbonyl (C=O) groups excluding carboxylic acids is 2. The first-order valence-corrected chi connectivity index (χ1v) is 34.0. The second-order valence-electron chi connectivity index (χ2n) is 23.2. The second-order valence-corrected chi connectivity index (χ2v) is 23.2. The van der Waals surface area contributed by atoms with E-state index in [4.69, 9.17) is 14.2 Å². The standard InChI is InChI=1S/C72H125NO10/c1-4-7-10-13-16-19-22-24-26-28-30-31-32-33-34-35-36-38-40-42-45-48-51-54-57-60-67(77)83-70-69(79)68(78)66(61-74)82-72(70)81-62-63(64(75)58-55-52-49-46-43-21-18-15-12-9-6-3)73-71(80)65(76)59-56-53-50-47-44-41-39-37-29-27-25-23-20-17-14-11-8-5-2/h7,10,16,19,24-27,30-31,33-34,36,38,55,58,63-66,68-70,72,74-76,78-79H,4-6,8-9,11-15,17-18,20-23,28-29,32,35,37,39-54,56-57,59-62H2,1-3H3,(H,73,80)/b10-7-,19-16-,26-24-,27-25+,31-30-,34-33-,38-36-,58-55+. The van der Waals surface area contributed by atoms with Gasteiger partial charge in [-0.05, 0) is 103 Å². The average Bonchev–Trinajstić information content (AvgIpc) is 3.67. The van der Waals surface area contributed by atoms with Gasteiger partial charge in [0.1, 0.15) is 24.4 Å². The Morgan fingerprint density at radius 1 is 0.482 bits per heavy atom. The number of carbonyl (C=O) groups is 2. The summed E-state index contributed by atoms with van der Waals surface area (Å²) in [6, 6.07) is -1.03. The average molecular weight is 1160 g/mol. The molecule has 0 radical (unpaired) electrons. The summed E-state index contributed by atoms with van der Waals surface area (Å²) in [6.07, 6.45) is 68.7. The number of allylic oxidation sites excluding steroid dienone is 15. The Morgan fingerprint density at radius 3 is 1.31 bits per heavy atom. The lowest BCUT2D eigenvalue weighted by atomic mass is 9.99. The van der Waals surface area contributed by atoms with E-state index >= 15 is 0 Å². The molecule has 1 amide bonds. The number of rotatable bonds is 57. The maximum Gasteiger partial charge on any atom is 0.306 e. The molecule has 1 saturated heterocycles. The molecule has 0 aromatic rings. The third-order valence-corrected chi connectivity index (χ3v) is 15.5. The first kappa shape index (κ1) is 77.6. The van der Waals surface area contributed by atoms with E-state index < -0.39 is 67.4 Å². The van der Waals surface area contributed by atoms with Crippen LogP contribution in [-0.2, 0) is 23.8 Å². The first-order chi connectivity index (χ1) is 40.7. The largest absolute Gasteiger partial charge is 0.454 e. The maximum absolute atomic E-state index is 13.4. The van der Waals surface area contributed by atoms with E-state index in [0.29, 0.717) is 12.8 Å². The van der Waals surface area contributed by atoms with Crippen molar-refractivity contribution in [2.45, 2.75) is 333 Å². The molecule has 478 valence electrons. The Kier molecular flexibility index (Phi) is 55.1. The number of esters is 1. The molecule has 11 nitrogen and oxygen atoms in total. The smallest absolute Gasteiger partial charge is 0.306 e. The molecule has 0 aromatic carbocycles. The van der Waals surface area contributed by atoms with E-state index in [1.54, 1.807) is 6.08 Å². The molecule has 6 N–H and O–H groups in total. The van der Waals surface area contributed by atoms with Gasteiger partial charge in [-0.2, -0.15) is 0 Å². The van der Waals surface area contributed by atoms with Crippen molar-refractivity contribution in [2.75, 3.05) is 13.2 Å². The number of hydrogen-bond acceptors (Lipinski definition) is 10. The topological polar surface area (TPSA) is 175 Å². The Hall–Kier alpha value is -3.42.